The minimum Gasteiger partial charge on any atom is -0.497 e. The Hall–Kier alpha value is -1.60. The first-order chi connectivity index (χ1) is 10.9. The molecule has 1 fully saturated rings. The van der Waals surface area contributed by atoms with Crippen LogP contribution in [0.4, 0.5) is 0 Å². The van der Waals surface area contributed by atoms with E-state index >= 15 is 0 Å². The van der Waals surface area contributed by atoms with Crippen molar-refractivity contribution in [2.45, 2.75) is 25.8 Å². The fourth-order valence-electron chi connectivity index (χ4n) is 2.91. The smallest absolute Gasteiger partial charge is 0.309 e. The van der Waals surface area contributed by atoms with Gasteiger partial charge in [-0.25, -0.2) is 8.42 Å². The molecule has 1 saturated heterocycles. The van der Waals surface area contributed by atoms with Crippen LogP contribution in [0, 0.1) is 5.92 Å². The van der Waals surface area contributed by atoms with E-state index in [0.29, 0.717) is 6.54 Å². The number of hydrogen-bond donors (Lipinski definition) is 0. The van der Waals surface area contributed by atoms with E-state index in [1.807, 2.05) is 24.3 Å². The van der Waals surface area contributed by atoms with Gasteiger partial charge in [0.25, 0.3) is 0 Å². The van der Waals surface area contributed by atoms with Crippen LogP contribution in [0.1, 0.15) is 31.4 Å². The molecule has 1 aromatic carbocycles. The van der Waals surface area contributed by atoms with E-state index in [0.717, 1.165) is 24.2 Å². The maximum atomic E-state index is 12.7. The molecular weight excluding hydrogens is 318 g/mol. The second-order valence-electron chi connectivity index (χ2n) is 5.74. The molecule has 128 valence electrons. The van der Waals surface area contributed by atoms with Gasteiger partial charge in [0.15, 0.2) is 0 Å². The van der Waals surface area contributed by atoms with Crippen molar-refractivity contribution < 1.29 is 22.7 Å². The van der Waals surface area contributed by atoms with Crippen molar-refractivity contribution in [1.29, 1.82) is 0 Å². The Kier molecular flexibility index (Phi) is 5.64. The minimum atomic E-state index is -3.53. The first-order valence-electron chi connectivity index (χ1n) is 7.60. The normalized spacial score (nSPS) is 20.2. The van der Waals surface area contributed by atoms with Gasteiger partial charge in [-0.1, -0.05) is 19.1 Å². The molecule has 0 amide bonds. The van der Waals surface area contributed by atoms with E-state index in [1.165, 1.54) is 11.4 Å². The summed E-state index contributed by atoms with van der Waals surface area (Å²) in [6.07, 6.45) is 1.58. The fraction of sp³-hybridized carbons (Fsp3) is 0.562. The van der Waals surface area contributed by atoms with E-state index in [-0.39, 0.29) is 11.8 Å². The summed E-state index contributed by atoms with van der Waals surface area (Å²) in [6.45, 7) is 2.05. The molecule has 0 bridgehead atoms. The summed E-state index contributed by atoms with van der Waals surface area (Å²) >= 11 is 0. The zero-order chi connectivity index (χ0) is 17.0. The molecule has 0 spiro atoms. The van der Waals surface area contributed by atoms with Gasteiger partial charge in [0.05, 0.1) is 25.9 Å². The van der Waals surface area contributed by atoms with Crippen molar-refractivity contribution in [3.63, 3.8) is 0 Å². The molecule has 1 aromatic rings. The predicted octanol–water partition coefficient (Wildman–Crippen LogP) is 1.97. The summed E-state index contributed by atoms with van der Waals surface area (Å²) in [4.78, 5) is 11.5. The summed E-state index contributed by atoms with van der Waals surface area (Å²) in [6, 6.07) is 7.25. The number of sulfonamides is 1. The Morgan fingerprint density at radius 3 is 2.52 bits per heavy atom. The minimum absolute atomic E-state index is 0.184. The highest BCUT2D eigenvalue weighted by atomic mass is 32.2. The van der Waals surface area contributed by atoms with Gasteiger partial charge < -0.3 is 9.47 Å². The van der Waals surface area contributed by atoms with E-state index in [4.69, 9.17) is 4.74 Å². The third kappa shape index (κ3) is 4.03. The third-order valence-electron chi connectivity index (χ3n) is 4.13. The molecule has 0 saturated carbocycles. The molecule has 2 unspecified atom stereocenters. The van der Waals surface area contributed by atoms with Crippen LogP contribution >= 0.6 is 0 Å². The Labute approximate surface area is 137 Å². The number of carbonyl (C=O) groups is 1. The van der Waals surface area contributed by atoms with Crippen molar-refractivity contribution in [1.82, 2.24) is 4.31 Å². The zero-order valence-corrected chi connectivity index (χ0v) is 14.5. The van der Waals surface area contributed by atoms with Gasteiger partial charge in [-0.15, -0.1) is 0 Å². The molecule has 1 heterocycles. The largest absolute Gasteiger partial charge is 0.497 e. The number of carbonyl (C=O) groups excluding carboxylic acids is 1. The monoisotopic (exact) mass is 341 g/mol. The van der Waals surface area contributed by atoms with Crippen LogP contribution in [-0.4, -0.2) is 45.2 Å². The van der Waals surface area contributed by atoms with E-state index in [9.17, 15) is 13.2 Å². The summed E-state index contributed by atoms with van der Waals surface area (Å²) in [5, 5.41) is 0. The van der Waals surface area contributed by atoms with Gasteiger partial charge >= 0.3 is 5.97 Å². The van der Waals surface area contributed by atoms with Gasteiger partial charge in [-0.3, -0.25) is 4.79 Å². The highest BCUT2D eigenvalue weighted by molar-refractivity contribution is 7.89. The molecule has 0 aliphatic carbocycles. The standard InChI is InChI=1S/C16H23NO5S/c1-12(16(18)22-3)11-23(19,20)17-10-4-5-15(17)13-6-8-14(21-2)9-7-13/h6-9,12,15H,4-5,10-11H2,1-3H3. The summed E-state index contributed by atoms with van der Waals surface area (Å²) in [5.74, 6) is -0.678. The van der Waals surface area contributed by atoms with Crippen LogP contribution in [-0.2, 0) is 19.6 Å². The number of esters is 1. The van der Waals surface area contributed by atoms with Crippen molar-refractivity contribution in [2.75, 3.05) is 26.5 Å². The molecule has 1 aliphatic heterocycles. The van der Waals surface area contributed by atoms with Gasteiger partial charge in [0.1, 0.15) is 5.75 Å². The van der Waals surface area contributed by atoms with Crippen molar-refractivity contribution >= 4 is 16.0 Å². The third-order valence-corrected chi connectivity index (χ3v) is 6.20. The fourth-order valence-corrected chi connectivity index (χ4v) is 4.89. The lowest BCUT2D eigenvalue weighted by atomic mass is 10.1. The van der Waals surface area contributed by atoms with E-state index in [2.05, 4.69) is 4.74 Å². The van der Waals surface area contributed by atoms with Crippen LogP contribution in [0.25, 0.3) is 0 Å². The number of nitrogens with zero attached hydrogens (tertiary/aromatic N) is 1. The molecule has 0 aromatic heterocycles. The van der Waals surface area contributed by atoms with E-state index in [1.54, 1.807) is 14.0 Å². The lowest BCUT2D eigenvalue weighted by Gasteiger charge is -2.25. The SMILES string of the molecule is COC(=O)C(C)CS(=O)(=O)N1CCCC1c1ccc(OC)cc1. The van der Waals surface area contributed by atoms with Crippen molar-refractivity contribution in [3.8, 4) is 5.75 Å². The topological polar surface area (TPSA) is 72.9 Å². The second kappa shape index (κ2) is 7.31. The van der Waals surface area contributed by atoms with Crippen LogP contribution in [0.15, 0.2) is 24.3 Å². The summed E-state index contributed by atoms with van der Waals surface area (Å²) < 4.78 is 36.6. The lowest BCUT2D eigenvalue weighted by Crippen LogP contribution is -2.36. The van der Waals surface area contributed by atoms with Gasteiger partial charge in [-0.05, 0) is 30.5 Å². The lowest BCUT2D eigenvalue weighted by molar-refractivity contribution is -0.144. The van der Waals surface area contributed by atoms with Crippen molar-refractivity contribution in [3.05, 3.63) is 29.8 Å². The Bertz CT molecular complexity index is 641. The Morgan fingerprint density at radius 1 is 1.30 bits per heavy atom. The molecule has 0 N–H and O–H groups in total. The highest BCUT2D eigenvalue weighted by Gasteiger charge is 2.36. The predicted molar refractivity (Wildman–Crippen MR) is 86.6 cm³/mol. The Morgan fingerprint density at radius 2 is 1.96 bits per heavy atom. The summed E-state index contributed by atoms with van der Waals surface area (Å²) in [5.41, 5.74) is 0.942. The first kappa shape index (κ1) is 17.7. The van der Waals surface area contributed by atoms with Crippen LogP contribution in [0.3, 0.4) is 0 Å². The van der Waals surface area contributed by atoms with Crippen LogP contribution in [0.2, 0.25) is 0 Å². The number of ether oxygens (including phenoxy) is 2. The first-order valence-corrected chi connectivity index (χ1v) is 9.21. The van der Waals surface area contributed by atoms with E-state index < -0.39 is 21.9 Å². The summed E-state index contributed by atoms with van der Waals surface area (Å²) in [7, 11) is -0.668. The average molecular weight is 341 g/mol. The van der Waals surface area contributed by atoms with Crippen LogP contribution < -0.4 is 4.74 Å². The Balaban J connectivity index is 2.18. The molecule has 2 atom stereocenters. The zero-order valence-electron chi connectivity index (χ0n) is 13.7. The molecule has 0 radical (unpaired) electrons. The molecular formula is C16H23NO5S. The number of hydrogen-bond acceptors (Lipinski definition) is 5. The average Bonchev–Trinajstić information content (AvgIpc) is 3.04. The van der Waals surface area contributed by atoms with Gasteiger partial charge in [0, 0.05) is 12.6 Å². The molecule has 7 heteroatoms. The number of rotatable bonds is 6. The highest BCUT2D eigenvalue weighted by Crippen LogP contribution is 2.35. The molecule has 23 heavy (non-hydrogen) atoms. The number of benzene rings is 1. The van der Waals surface area contributed by atoms with Gasteiger partial charge in [-0.2, -0.15) is 4.31 Å². The number of methoxy groups -OCH3 is 2. The quantitative estimate of drug-likeness (QED) is 0.740. The second-order valence-corrected chi connectivity index (χ2v) is 7.71. The maximum absolute atomic E-state index is 12.7. The maximum Gasteiger partial charge on any atom is 0.309 e. The molecule has 1 aliphatic rings. The van der Waals surface area contributed by atoms with Crippen molar-refractivity contribution in [2.24, 2.45) is 5.92 Å². The molecule has 6 nitrogen and oxygen atoms in total. The molecule has 2 rings (SSSR count). The van der Waals surface area contributed by atoms with Gasteiger partial charge in [0.2, 0.25) is 10.0 Å². The van der Waals surface area contributed by atoms with Crippen LogP contribution in [0.5, 0.6) is 5.75 Å².